The molecule has 2 N–H and O–H groups in total. The van der Waals surface area contributed by atoms with Crippen LogP contribution in [0.1, 0.15) is 31.7 Å². The number of anilines is 4. The van der Waals surface area contributed by atoms with Gasteiger partial charge < -0.3 is 25.2 Å². The van der Waals surface area contributed by atoms with Crippen LogP contribution in [0.25, 0.3) is 10.9 Å². The number of ether oxygens (including phenoxy) is 1. The molecule has 0 spiro atoms. The third kappa shape index (κ3) is 4.32. The summed E-state index contributed by atoms with van der Waals surface area (Å²) in [5.41, 5.74) is 1.08. The fraction of sp³-hybridized carbons (Fsp3) is 0.565. The molecule has 0 radical (unpaired) electrons. The minimum absolute atomic E-state index is 0.362. The van der Waals surface area contributed by atoms with E-state index in [0.29, 0.717) is 12.0 Å². The molecule has 3 aliphatic rings. The Bertz CT molecular complexity index is 1100. The van der Waals surface area contributed by atoms with Crippen molar-refractivity contribution >= 4 is 34.3 Å². The first kappa shape index (κ1) is 20.6. The number of aromatic nitrogens is 5. The highest BCUT2D eigenvalue weighted by Gasteiger charge is 2.21. The summed E-state index contributed by atoms with van der Waals surface area (Å²) in [6.45, 7) is 7.51. The number of nitrogens with one attached hydrogen (secondary N) is 2. The van der Waals surface area contributed by atoms with Gasteiger partial charge in [0.25, 0.3) is 0 Å². The van der Waals surface area contributed by atoms with Crippen LogP contribution >= 0.6 is 0 Å². The van der Waals surface area contributed by atoms with Crippen LogP contribution in [0.2, 0.25) is 0 Å². The van der Waals surface area contributed by atoms with Crippen LogP contribution in [0.15, 0.2) is 24.5 Å². The fourth-order valence-electron chi connectivity index (χ4n) is 4.99. The maximum absolute atomic E-state index is 5.53. The first-order valence-electron chi connectivity index (χ1n) is 12.1. The molecule has 6 rings (SSSR count). The zero-order valence-corrected chi connectivity index (χ0v) is 18.9. The van der Waals surface area contributed by atoms with E-state index in [2.05, 4.69) is 47.3 Å². The first-order valence-corrected chi connectivity index (χ1v) is 12.1. The van der Waals surface area contributed by atoms with Crippen molar-refractivity contribution in [2.45, 2.75) is 31.7 Å². The van der Waals surface area contributed by atoms with Gasteiger partial charge in [0.15, 0.2) is 0 Å². The van der Waals surface area contributed by atoms with Gasteiger partial charge >= 0.3 is 0 Å². The molecule has 3 saturated heterocycles. The largest absolute Gasteiger partial charge is 0.381 e. The van der Waals surface area contributed by atoms with Gasteiger partial charge in [-0.25, -0.2) is 4.98 Å². The van der Waals surface area contributed by atoms with E-state index in [9.17, 15) is 0 Å². The van der Waals surface area contributed by atoms with Crippen LogP contribution in [0, 0.1) is 0 Å². The van der Waals surface area contributed by atoms with Crippen molar-refractivity contribution in [1.29, 1.82) is 0 Å². The van der Waals surface area contributed by atoms with Crippen LogP contribution in [-0.2, 0) is 4.74 Å². The van der Waals surface area contributed by atoms with Gasteiger partial charge in [-0.15, -0.1) is 0 Å². The Balaban J connectivity index is 1.31. The quantitative estimate of drug-likeness (QED) is 0.608. The van der Waals surface area contributed by atoms with Crippen molar-refractivity contribution in [3.8, 4) is 0 Å². The van der Waals surface area contributed by atoms with Crippen molar-refractivity contribution < 1.29 is 4.74 Å². The molecule has 3 fully saturated rings. The Morgan fingerprint density at radius 1 is 0.909 bits per heavy atom. The van der Waals surface area contributed by atoms with Crippen LogP contribution in [0.4, 0.5) is 23.4 Å². The lowest BCUT2D eigenvalue weighted by Gasteiger charge is -2.29. The van der Waals surface area contributed by atoms with Crippen molar-refractivity contribution in [3.05, 3.63) is 24.5 Å². The number of nitrogens with zero attached hydrogens (tertiary/aromatic N) is 7. The summed E-state index contributed by atoms with van der Waals surface area (Å²) < 4.78 is 7.66. The maximum atomic E-state index is 5.53. The van der Waals surface area contributed by atoms with Gasteiger partial charge in [-0.05, 0) is 25.7 Å². The minimum Gasteiger partial charge on any atom is -0.381 e. The van der Waals surface area contributed by atoms with E-state index in [1.54, 1.807) is 0 Å². The molecule has 10 nitrogen and oxygen atoms in total. The Hall–Kier alpha value is -2.98. The molecule has 6 heterocycles. The summed E-state index contributed by atoms with van der Waals surface area (Å²) >= 11 is 0. The summed E-state index contributed by atoms with van der Waals surface area (Å²) in [4.78, 5) is 19.1. The van der Waals surface area contributed by atoms with Crippen molar-refractivity contribution in [2.24, 2.45) is 0 Å². The van der Waals surface area contributed by atoms with E-state index in [4.69, 9.17) is 14.7 Å². The number of hydrogen-bond acceptors (Lipinski definition) is 9. The molecule has 10 heteroatoms. The van der Waals surface area contributed by atoms with E-state index in [1.165, 1.54) is 12.8 Å². The van der Waals surface area contributed by atoms with Gasteiger partial charge in [0.05, 0.1) is 17.8 Å². The maximum Gasteiger partial charge on any atom is 0.232 e. The van der Waals surface area contributed by atoms with Gasteiger partial charge in [0.1, 0.15) is 17.5 Å². The number of fused-ring (bicyclic) bond motifs is 1. The Morgan fingerprint density at radius 3 is 2.39 bits per heavy atom. The van der Waals surface area contributed by atoms with Gasteiger partial charge in [-0.2, -0.15) is 15.1 Å². The van der Waals surface area contributed by atoms with Crippen molar-refractivity contribution in [1.82, 2.24) is 30.0 Å². The van der Waals surface area contributed by atoms with Crippen LogP contribution in [-0.4, -0.2) is 77.2 Å². The average molecular weight is 450 g/mol. The standard InChI is InChI=1S/C23H31N9O/c1-2-8-30(7-1)21-14-22(31-9-5-24-6-10-31)29-23(28-21)27-20-13-19-17(15-25-20)16-26-32(19)18-3-11-33-12-4-18/h13-16,18,24H,1-12H2,(H,25,27,28,29). The number of hydrogen-bond donors (Lipinski definition) is 2. The van der Waals surface area contributed by atoms with Gasteiger partial charge in [0, 0.05) is 76.2 Å². The van der Waals surface area contributed by atoms with Gasteiger partial charge in [0.2, 0.25) is 5.95 Å². The lowest BCUT2D eigenvalue weighted by atomic mass is 10.1. The molecular weight excluding hydrogens is 418 g/mol. The molecule has 0 saturated carbocycles. The highest BCUT2D eigenvalue weighted by molar-refractivity contribution is 5.81. The topological polar surface area (TPSA) is 96.3 Å². The zero-order valence-electron chi connectivity index (χ0n) is 18.9. The molecule has 0 unspecified atom stereocenters. The van der Waals surface area contributed by atoms with E-state index >= 15 is 0 Å². The molecule has 0 atom stereocenters. The molecular formula is C23H31N9O. The van der Waals surface area contributed by atoms with Crippen LogP contribution in [0.3, 0.4) is 0 Å². The second-order valence-corrected chi connectivity index (χ2v) is 9.03. The summed E-state index contributed by atoms with van der Waals surface area (Å²) in [5.74, 6) is 3.30. The summed E-state index contributed by atoms with van der Waals surface area (Å²) in [6.07, 6.45) is 8.17. The second-order valence-electron chi connectivity index (χ2n) is 9.03. The lowest BCUT2D eigenvalue weighted by molar-refractivity contribution is 0.0675. The number of rotatable bonds is 5. The van der Waals surface area contributed by atoms with Gasteiger partial charge in [-0.1, -0.05) is 0 Å². The smallest absolute Gasteiger partial charge is 0.232 e. The third-order valence-electron chi connectivity index (χ3n) is 6.83. The molecule has 0 aromatic carbocycles. The normalized spacial score (nSPS) is 20.0. The minimum atomic E-state index is 0.362. The molecule has 3 aliphatic heterocycles. The third-order valence-corrected chi connectivity index (χ3v) is 6.83. The lowest BCUT2D eigenvalue weighted by Crippen LogP contribution is -2.44. The van der Waals surface area contributed by atoms with E-state index in [0.717, 1.165) is 93.7 Å². The van der Waals surface area contributed by atoms with E-state index in [1.807, 2.05) is 12.4 Å². The summed E-state index contributed by atoms with van der Waals surface area (Å²) in [7, 11) is 0. The molecule has 33 heavy (non-hydrogen) atoms. The zero-order chi connectivity index (χ0) is 22.0. The molecule has 0 aliphatic carbocycles. The van der Waals surface area contributed by atoms with E-state index < -0.39 is 0 Å². The fourth-order valence-corrected chi connectivity index (χ4v) is 4.99. The Kier molecular flexibility index (Phi) is 5.69. The SMILES string of the molecule is c1c(N2CCCC2)nc(Nc2cc3c(cn2)cnn3C2CCOCC2)nc1N1CCNCC1. The predicted octanol–water partition coefficient (Wildman–Crippen LogP) is 2.33. The van der Waals surface area contributed by atoms with Crippen LogP contribution in [0.5, 0.6) is 0 Å². The molecule has 0 bridgehead atoms. The summed E-state index contributed by atoms with van der Waals surface area (Å²) in [6, 6.07) is 4.56. The molecule has 3 aromatic heterocycles. The first-order chi connectivity index (χ1) is 16.3. The highest BCUT2D eigenvalue weighted by atomic mass is 16.5. The average Bonchev–Trinajstić information content (AvgIpc) is 3.55. The van der Waals surface area contributed by atoms with Crippen molar-refractivity contribution in [3.63, 3.8) is 0 Å². The monoisotopic (exact) mass is 449 g/mol. The predicted molar refractivity (Wildman–Crippen MR) is 128 cm³/mol. The number of pyridine rings is 1. The molecule has 174 valence electrons. The van der Waals surface area contributed by atoms with Gasteiger partial charge in [-0.3, -0.25) is 4.68 Å². The van der Waals surface area contributed by atoms with Crippen LogP contribution < -0.4 is 20.4 Å². The second kappa shape index (κ2) is 9.11. The Morgan fingerprint density at radius 2 is 1.64 bits per heavy atom. The number of piperazine rings is 1. The molecule has 3 aromatic rings. The Labute approximate surface area is 193 Å². The summed E-state index contributed by atoms with van der Waals surface area (Å²) in [5, 5.41) is 12.5. The van der Waals surface area contributed by atoms with E-state index in [-0.39, 0.29) is 0 Å². The molecule has 0 amide bonds. The van der Waals surface area contributed by atoms with Crippen molar-refractivity contribution in [2.75, 3.05) is 67.6 Å². The highest BCUT2D eigenvalue weighted by Crippen LogP contribution is 2.28.